The minimum atomic E-state index is -2.07. The fraction of sp³-hybridized carbons (Fsp3) is 0.655. The van der Waals surface area contributed by atoms with Crippen LogP contribution in [0.3, 0.4) is 0 Å². The highest BCUT2D eigenvalue weighted by Gasteiger charge is 2.49. The van der Waals surface area contributed by atoms with E-state index in [1.165, 1.54) is 10.9 Å². The van der Waals surface area contributed by atoms with Gasteiger partial charge in [-0.3, -0.25) is 0 Å². The number of nitrogens with two attached hydrogens (primary N) is 2. The smallest absolute Gasteiger partial charge is 0.258 e. The molecule has 69 heavy (non-hydrogen) atoms. The van der Waals surface area contributed by atoms with E-state index < -0.39 is 33.3 Å². The van der Waals surface area contributed by atoms with Crippen LogP contribution in [0.25, 0.3) is 21.5 Å². The average Bonchev–Trinajstić information content (AvgIpc) is 3.23. The predicted molar refractivity (Wildman–Crippen MR) is 317 cm³/mol. The van der Waals surface area contributed by atoms with Crippen LogP contribution in [0.1, 0.15) is 177 Å². The van der Waals surface area contributed by atoms with Crippen molar-refractivity contribution >= 4 is 77.8 Å². The Bertz CT molecular complexity index is 2180. The van der Waals surface area contributed by atoms with Crippen molar-refractivity contribution in [2.24, 2.45) is 0 Å². The van der Waals surface area contributed by atoms with Gasteiger partial charge in [-0.25, -0.2) is 0 Å². The molecule has 0 amide bonds. The summed E-state index contributed by atoms with van der Waals surface area (Å²) in [5, 5.41) is 4.89. The Kier molecular flexibility index (Phi) is 21.7. The number of fused-ring (bicyclic) bond motifs is 2. The van der Waals surface area contributed by atoms with Crippen molar-refractivity contribution in [1.82, 2.24) is 0 Å². The number of rotatable bonds is 22. The lowest BCUT2D eigenvalue weighted by Gasteiger charge is -2.42. The molecule has 6 nitrogen and oxygen atoms in total. The minimum Gasteiger partial charge on any atom is -0.543 e. The van der Waals surface area contributed by atoms with Crippen molar-refractivity contribution in [2.75, 3.05) is 11.5 Å². The van der Waals surface area contributed by atoms with Gasteiger partial charge in [0.25, 0.3) is 16.6 Å². The molecule has 4 N–H and O–H groups in total. The van der Waals surface area contributed by atoms with Crippen LogP contribution in [0.4, 0.5) is 11.4 Å². The first kappa shape index (κ1) is 61.0. The number of hydrogen-bond acceptors (Lipinski definition) is 6. The predicted octanol–water partition coefficient (Wildman–Crippen LogP) is 20.0. The summed E-state index contributed by atoms with van der Waals surface area (Å²) in [6.45, 7) is 56.9. The van der Waals surface area contributed by atoms with E-state index in [0.717, 1.165) is 38.9 Å². The lowest BCUT2D eigenvalue weighted by molar-refractivity contribution is 0.267. The number of anilines is 2. The van der Waals surface area contributed by atoms with Crippen LogP contribution in [-0.2, 0) is 22.1 Å². The Morgan fingerprint density at radius 1 is 0.362 bits per heavy atom. The molecule has 0 aliphatic rings. The first-order chi connectivity index (χ1) is 31.8. The van der Waals surface area contributed by atoms with E-state index in [-0.39, 0.29) is 0 Å². The summed E-state index contributed by atoms with van der Waals surface area (Å²) >= 11 is 6.67. The van der Waals surface area contributed by atoms with Gasteiger partial charge in [-0.1, -0.05) is 196 Å². The maximum Gasteiger partial charge on any atom is 0.258 e. The molecule has 4 rings (SSSR count). The SMILES string of the molecule is CC(C)[Si](OCc1cc(Cl)c(N)c2cc(O[Si](C(C)C)(C(C)C)C(C)C)ccc12)(C(C)C)C(C)C.CC(C)[Si](OCc1ccc(N)c2cc(O[Si](C(C)C)(C(C)C)C(C)C)ccc12)(C(C)C)C(C)C. The van der Waals surface area contributed by atoms with Crippen molar-refractivity contribution in [1.29, 1.82) is 0 Å². The molecule has 0 heterocycles. The molecule has 0 spiro atoms. The van der Waals surface area contributed by atoms with Crippen LogP contribution in [0.15, 0.2) is 54.6 Å². The van der Waals surface area contributed by atoms with Gasteiger partial charge in [0.1, 0.15) is 11.5 Å². The second kappa shape index (κ2) is 24.6. The Labute approximate surface area is 432 Å². The normalized spacial score (nSPS) is 13.5. The van der Waals surface area contributed by atoms with E-state index in [4.69, 9.17) is 40.8 Å². The zero-order valence-electron chi connectivity index (χ0n) is 48.2. The largest absolute Gasteiger partial charge is 0.543 e. The standard InChI is InChI=1S/C29H50ClNO2Si2.C29H51NO2Si2/c1-18(2)34(19(3)4,20(5)6)32-17-24-15-28(30)29(31)27-16-25(13-14-26(24)27)33-35(21(7)8,22(9)10)23(11)12;1-19(2)33(20(3)4,21(5)6)31-18-25-13-16-29(30)28-17-26(14-15-27(25)28)32-34(22(7)8,23(9)10)24(11)12/h13-16,18-23H,17,31H2,1-12H3;13-17,19-24H,18,30H2,1-12H3. The van der Waals surface area contributed by atoms with Gasteiger partial charge < -0.3 is 29.2 Å². The lowest BCUT2D eigenvalue weighted by atomic mass is 10.0. The molecule has 390 valence electrons. The van der Waals surface area contributed by atoms with Gasteiger partial charge in [0.15, 0.2) is 0 Å². The summed E-state index contributed by atoms with van der Waals surface area (Å²) in [4.78, 5) is 0. The van der Waals surface area contributed by atoms with Crippen LogP contribution in [0, 0.1) is 0 Å². The maximum absolute atomic E-state index is 6.96. The van der Waals surface area contributed by atoms with Gasteiger partial charge >= 0.3 is 0 Å². The van der Waals surface area contributed by atoms with E-state index >= 15 is 0 Å². The van der Waals surface area contributed by atoms with Crippen molar-refractivity contribution in [3.05, 3.63) is 70.7 Å². The molecule has 0 fully saturated rings. The molecule has 4 aromatic rings. The van der Waals surface area contributed by atoms with E-state index in [0.29, 0.717) is 90.4 Å². The highest BCUT2D eigenvalue weighted by Crippen LogP contribution is 2.48. The first-order valence-electron chi connectivity index (χ1n) is 26.8. The topological polar surface area (TPSA) is 89.0 Å². The van der Waals surface area contributed by atoms with E-state index in [1.807, 2.05) is 12.1 Å². The number of halogens is 1. The Hall–Kier alpha value is -2.32. The lowest BCUT2D eigenvalue weighted by Crippen LogP contribution is -2.50. The van der Waals surface area contributed by atoms with Gasteiger partial charge in [-0.15, -0.1) is 0 Å². The van der Waals surface area contributed by atoms with Crippen LogP contribution < -0.4 is 20.3 Å². The zero-order chi connectivity index (χ0) is 52.9. The summed E-state index contributed by atoms with van der Waals surface area (Å²) in [5.41, 5.74) is 23.1. The summed E-state index contributed by atoms with van der Waals surface area (Å²) in [6.07, 6.45) is 0. The number of nitrogen functional groups attached to an aromatic ring is 2. The van der Waals surface area contributed by atoms with Crippen LogP contribution >= 0.6 is 11.6 Å². The monoisotopic (exact) mass is 1040 g/mol. The zero-order valence-corrected chi connectivity index (χ0v) is 53.0. The van der Waals surface area contributed by atoms with E-state index in [2.05, 4.69) is 209 Å². The third-order valence-electron chi connectivity index (χ3n) is 16.7. The quantitative estimate of drug-likeness (QED) is 0.0602. The summed E-state index contributed by atoms with van der Waals surface area (Å²) < 4.78 is 27.8. The molecule has 0 atom stereocenters. The summed E-state index contributed by atoms with van der Waals surface area (Å²) in [5.74, 6) is 1.85. The Balaban J connectivity index is 0.000000365. The van der Waals surface area contributed by atoms with Gasteiger partial charge in [0.05, 0.1) is 23.9 Å². The fourth-order valence-electron chi connectivity index (χ4n) is 13.8. The van der Waals surface area contributed by atoms with Crippen LogP contribution in [-0.4, -0.2) is 33.3 Å². The van der Waals surface area contributed by atoms with Crippen molar-refractivity contribution in [3.8, 4) is 11.5 Å². The molecule has 0 bridgehead atoms. The van der Waals surface area contributed by atoms with Gasteiger partial charge in [-0.05, 0) is 125 Å². The molecule has 0 aliphatic heterocycles. The van der Waals surface area contributed by atoms with Crippen molar-refractivity contribution < 1.29 is 17.7 Å². The highest BCUT2D eigenvalue weighted by atomic mass is 35.5. The highest BCUT2D eigenvalue weighted by molar-refractivity contribution is 6.79. The summed E-state index contributed by atoms with van der Waals surface area (Å²) in [7, 11) is -8.04. The molecule has 0 unspecified atom stereocenters. The maximum atomic E-state index is 6.96. The number of hydrogen-bond donors (Lipinski definition) is 2. The molecule has 0 saturated heterocycles. The minimum absolute atomic E-state index is 0.500. The molecule has 0 aromatic heterocycles. The van der Waals surface area contributed by atoms with Crippen LogP contribution in [0.2, 0.25) is 71.5 Å². The molecule has 0 saturated carbocycles. The average molecular weight is 1040 g/mol. The number of benzene rings is 4. The van der Waals surface area contributed by atoms with Crippen molar-refractivity contribution in [2.45, 2.75) is 246 Å². The summed E-state index contributed by atoms with van der Waals surface area (Å²) in [6, 6.07) is 19.1. The molecule has 0 aliphatic carbocycles. The molecular formula is C58H101ClN2O4Si4. The Morgan fingerprint density at radius 3 is 1.00 bits per heavy atom. The first-order valence-corrected chi connectivity index (χ1v) is 35.7. The fourth-order valence-corrected chi connectivity index (χ4v) is 35.3. The molecule has 0 radical (unpaired) electrons. The van der Waals surface area contributed by atoms with Crippen LogP contribution in [0.5, 0.6) is 11.5 Å². The molecular weight excluding hydrogens is 936 g/mol. The second-order valence-electron chi connectivity index (χ2n) is 24.2. The molecule has 4 aromatic carbocycles. The second-order valence-corrected chi connectivity index (χ2v) is 46.3. The van der Waals surface area contributed by atoms with E-state index in [9.17, 15) is 0 Å². The van der Waals surface area contributed by atoms with E-state index in [1.54, 1.807) is 0 Å². The third kappa shape index (κ3) is 12.4. The third-order valence-corrected chi connectivity index (χ3v) is 41.1. The van der Waals surface area contributed by atoms with Gasteiger partial charge in [-0.2, -0.15) is 0 Å². The van der Waals surface area contributed by atoms with Crippen molar-refractivity contribution in [3.63, 3.8) is 0 Å². The molecule has 11 heteroatoms. The van der Waals surface area contributed by atoms with Gasteiger partial charge in [0.2, 0.25) is 16.6 Å². The Morgan fingerprint density at radius 2 is 0.667 bits per heavy atom. The van der Waals surface area contributed by atoms with Gasteiger partial charge in [0, 0.05) is 16.5 Å².